The molecule has 0 aliphatic heterocycles. The normalized spacial score (nSPS) is 11.3. The molecule has 0 unspecified atom stereocenters. The van der Waals surface area contributed by atoms with Gasteiger partial charge in [-0.2, -0.15) is 10.4 Å². The second-order valence-electron chi connectivity index (χ2n) is 7.11. The maximum absolute atomic E-state index is 12.4. The number of hydrogen-bond donors (Lipinski definition) is 2. The Morgan fingerprint density at radius 3 is 2.77 bits per heavy atom. The highest BCUT2D eigenvalue weighted by Crippen LogP contribution is 2.18. The van der Waals surface area contributed by atoms with E-state index in [0.29, 0.717) is 31.6 Å². The van der Waals surface area contributed by atoms with Gasteiger partial charge < -0.3 is 5.32 Å². The molecule has 1 amide bonds. The van der Waals surface area contributed by atoms with Gasteiger partial charge >= 0.3 is 0 Å². The number of aromatic nitrogens is 2. The number of sulfonamides is 1. The number of anilines is 1. The van der Waals surface area contributed by atoms with Crippen LogP contribution in [0.4, 0.5) is 5.69 Å². The van der Waals surface area contributed by atoms with Crippen LogP contribution in [0.2, 0.25) is 0 Å². The molecule has 0 radical (unpaired) electrons. The molecule has 0 fully saturated rings. The van der Waals surface area contributed by atoms with Gasteiger partial charge in [-0.25, -0.2) is 13.1 Å². The van der Waals surface area contributed by atoms with Crippen molar-refractivity contribution in [2.75, 3.05) is 11.9 Å². The molecule has 0 aliphatic carbocycles. The molecule has 0 saturated heterocycles. The summed E-state index contributed by atoms with van der Waals surface area (Å²) in [5.41, 5.74) is 3.25. The van der Waals surface area contributed by atoms with Gasteiger partial charge in [0.2, 0.25) is 15.9 Å². The van der Waals surface area contributed by atoms with Gasteiger partial charge in [-0.3, -0.25) is 9.48 Å². The minimum Gasteiger partial charge on any atom is -0.326 e. The predicted molar refractivity (Wildman–Crippen MR) is 115 cm³/mol. The summed E-state index contributed by atoms with van der Waals surface area (Å²) >= 11 is 0. The Morgan fingerprint density at radius 1 is 1.30 bits per heavy atom. The molecule has 0 spiro atoms. The number of rotatable bonds is 11. The minimum absolute atomic E-state index is 0.127. The molecule has 0 aliphatic rings. The molecule has 1 aromatic carbocycles. The zero-order chi connectivity index (χ0) is 22.1. The monoisotopic (exact) mass is 431 g/mol. The van der Waals surface area contributed by atoms with Crippen LogP contribution in [0.15, 0.2) is 29.2 Å². The lowest BCUT2D eigenvalue weighted by Gasteiger charge is -2.09. The Labute approximate surface area is 178 Å². The Kier molecular flexibility index (Phi) is 8.57. The number of amides is 1. The van der Waals surface area contributed by atoms with Crippen LogP contribution in [0, 0.1) is 25.2 Å². The first-order valence-corrected chi connectivity index (χ1v) is 11.6. The number of benzene rings is 1. The van der Waals surface area contributed by atoms with E-state index in [1.807, 2.05) is 20.8 Å². The predicted octanol–water partition coefficient (Wildman–Crippen LogP) is 3.06. The highest BCUT2D eigenvalue weighted by molar-refractivity contribution is 7.89. The van der Waals surface area contributed by atoms with Crippen LogP contribution < -0.4 is 10.0 Å². The standard InChI is InChI=1S/C21H29N5O3S/c1-4-5-13-23-30(28,29)19-9-6-8-18(15-19)24-21(27)11-10-20-16(2)25-26(17(20)3)14-7-12-22/h6,8-9,15,23H,4-5,7,10-11,13-14H2,1-3H3,(H,24,27). The number of unbranched alkanes of at least 4 members (excludes halogenated alkanes) is 1. The van der Waals surface area contributed by atoms with Crippen molar-refractivity contribution in [2.24, 2.45) is 0 Å². The molecule has 0 saturated carbocycles. The van der Waals surface area contributed by atoms with E-state index < -0.39 is 10.0 Å². The van der Waals surface area contributed by atoms with Crippen molar-refractivity contribution in [1.29, 1.82) is 5.26 Å². The third kappa shape index (κ3) is 6.40. The molecule has 2 aromatic rings. The first kappa shape index (κ1) is 23.6. The highest BCUT2D eigenvalue weighted by atomic mass is 32.2. The number of hydrogen-bond acceptors (Lipinski definition) is 5. The van der Waals surface area contributed by atoms with Crippen molar-refractivity contribution in [3.63, 3.8) is 0 Å². The molecular weight excluding hydrogens is 402 g/mol. The quantitative estimate of drug-likeness (QED) is 0.530. The largest absolute Gasteiger partial charge is 0.326 e. The fraction of sp³-hybridized carbons (Fsp3) is 0.476. The Balaban J connectivity index is 1.99. The van der Waals surface area contributed by atoms with Crippen LogP contribution in [0.3, 0.4) is 0 Å². The summed E-state index contributed by atoms with van der Waals surface area (Å²) in [6.45, 7) is 6.73. The molecule has 0 bridgehead atoms. The molecule has 0 atom stereocenters. The third-order valence-corrected chi connectivity index (χ3v) is 6.28. The average molecular weight is 432 g/mol. The van der Waals surface area contributed by atoms with Crippen LogP contribution in [0.5, 0.6) is 0 Å². The first-order chi connectivity index (χ1) is 14.3. The van der Waals surface area contributed by atoms with Gasteiger partial charge in [0, 0.05) is 24.3 Å². The summed E-state index contributed by atoms with van der Waals surface area (Å²) in [6.07, 6.45) is 2.81. The zero-order valence-electron chi connectivity index (χ0n) is 17.7. The Hall–Kier alpha value is -2.70. The number of aryl methyl sites for hydroxylation is 2. The van der Waals surface area contributed by atoms with Crippen molar-refractivity contribution < 1.29 is 13.2 Å². The van der Waals surface area contributed by atoms with E-state index in [0.717, 1.165) is 29.8 Å². The van der Waals surface area contributed by atoms with Gasteiger partial charge in [-0.15, -0.1) is 0 Å². The maximum Gasteiger partial charge on any atom is 0.240 e. The second-order valence-corrected chi connectivity index (χ2v) is 8.87. The topological polar surface area (TPSA) is 117 Å². The van der Waals surface area contributed by atoms with Crippen LogP contribution in [-0.4, -0.2) is 30.7 Å². The Morgan fingerprint density at radius 2 is 2.07 bits per heavy atom. The lowest BCUT2D eigenvalue weighted by Crippen LogP contribution is -2.24. The molecule has 162 valence electrons. The fourth-order valence-electron chi connectivity index (χ4n) is 3.14. The van der Waals surface area contributed by atoms with Crippen molar-refractivity contribution in [1.82, 2.24) is 14.5 Å². The fourth-order valence-corrected chi connectivity index (χ4v) is 4.26. The van der Waals surface area contributed by atoms with E-state index in [9.17, 15) is 13.2 Å². The summed E-state index contributed by atoms with van der Waals surface area (Å²) in [5, 5.41) is 16.0. The van der Waals surface area contributed by atoms with Crippen LogP contribution in [-0.2, 0) is 27.8 Å². The maximum atomic E-state index is 12.4. The molecule has 30 heavy (non-hydrogen) atoms. The molecular formula is C21H29N5O3S. The summed E-state index contributed by atoms with van der Waals surface area (Å²) in [4.78, 5) is 12.5. The van der Waals surface area contributed by atoms with Crippen molar-refractivity contribution in [2.45, 2.75) is 64.3 Å². The summed E-state index contributed by atoms with van der Waals surface area (Å²) in [5.74, 6) is -0.202. The van der Waals surface area contributed by atoms with E-state index in [4.69, 9.17) is 5.26 Å². The van der Waals surface area contributed by atoms with Crippen LogP contribution >= 0.6 is 0 Å². The number of nitriles is 1. The van der Waals surface area contributed by atoms with E-state index in [1.165, 1.54) is 12.1 Å². The molecule has 9 heteroatoms. The number of nitrogens with zero attached hydrogens (tertiary/aromatic N) is 3. The van der Waals surface area contributed by atoms with E-state index in [1.54, 1.807) is 16.8 Å². The SMILES string of the molecule is CCCCNS(=O)(=O)c1cccc(NC(=O)CCc2c(C)nn(CCC#N)c2C)c1. The van der Waals surface area contributed by atoms with Crippen molar-refractivity contribution in [3.8, 4) is 6.07 Å². The highest BCUT2D eigenvalue weighted by Gasteiger charge is 2.16. The van der Waals surface area contributed by atoms with Crippen molar-refractivity contribution >= 4 is 21.6 Å². The van der Waals surface area contributed by atoms with E-state index in [2.05, 4.69) is 21.2 Å². The second kappa shape index (κ2) is 10.9. The molecule has 2 N–H and O–H groups in total. The average Bonchev–Trinajstić information content (AvgIpc) is 2.98. The van der Waals surface area contributed by atoms with Gasteiger partial charge in [0.05, 0.1) is 29.6 Å². The van der Waals surface area contributed by atoms with Gasteiger partial charge in [-0.1, -0.05) is 19.4 Å². The summed E-state index contributed by atoms with van der Waals surface area (Å²) in [7, 11) is -3.60. The number of carbonyl (C=O) groups is 1. The van der Waals surface area contributed by atoms with Gasteiger partial charge in [0.15, 0.2) is 0 Å². The van der Waals surface area contributed by atoms with Crippen molar-refractivity contribution in [3.05, 3.63) is 41.2 Å². The lowest BCUT2D eigenvalue weighted by molar-refractivity contribution is -0.116. The smallest absolute Gasteiger partial charge is 0.240 e. The zero-order valence-corrected chi connectivity index (χ0v) is 18.6. The van der Waals surface area contributed by atoms with Gasteiger partial charge in [0.1, 0.15) is 0 Å². The minimum atomic E-state index is -3.60. The van der Waals surface area contributed by atoms with Crippen LogP contribution in [0.25, 0.3) is 0 Å². The number of nitrogens with one attached hydrogen (secondary N) is 2. The molecule has 2 rings (SSSR count). The van der Waals surface area contributed by atoms with Gasteiger partial charge in [0.25, 0.3) is 0 Å². The number of carbonyl (C=O) groups excluding carboxylic acids is 1. The first-order valence-electron chi connectivity index (χ1n) is 10.1. The van der Waals surface area contributed by atoms with E-state index >= 15 is 0 Å². The molecule has 8 nitrogen and oxygen atoms in total. The lowest BCUT2D eigenvalue weighted by atomic mass is 10.1. The van der Waals surface area contributed by atoms with Gasteiger partial charge in [-0.05, 0) is 50.5 Å². The molecule has 1 aromatic heterocycles. The van der Waals surface area contributed by atoms with E-state index in [-0.39, 0.29) is 17.2 Å². The summed E-state index contributed by atoms with van der Waals surface area (Å²) < 4.78 is 29.1. The van der Waals surface area contributed by atoms with Crippen LogP contribution in [0.1, 0.15) is 49.6 Å². The molecule has 1 heterocycles. The third-order valence-electron chi connectivity index (χ3n) is 4.82. The Bertz CT molecular complexity index is 1020. The summed E-state index contributed by atoms with van der Waals surface area (Å²) in [6, 6.07) is 8.35.